The van der Waals surface area contributed by atoms with Gasteiger partial charge in [0.1, 0.15) is 0 Å². The van der Waals surface area contributed by atoms with Gasteiger partial charge in [-0.25, -0.2) is 0 Å². The summed E-state index contributed by atoms with van der Waals surface area (Å²) in [6.07, 6.45) is 0. The van der Waals surface area contributed by atoms with Crippen LogP contribution in [0.1, 0.15) is 6.92 Å². The molecule has 1 aliphatic heterocycles. The first-order valence-corrected chi connectivity index (χ1v) is 5.78. The predicted octanol–water partition coefficient (Wildman–Crippen LogP) is 1.24. The number of rotatable bonds is 2. The molecule has 0 N–H and O–H groups in total. The van der Waals surface area contributed by atoms with Crippen LogP contribution < -0.4 is 0 Å². The first kappa shape index (κ1) is 10.3. The molecule has 12 heavy (non-hydrogen) atoms. The maximum atomic E-state index is 11.0. The maximum Gasteiger partial charge on any atom is 0.302 e. The standard InChI is InChI=1S/C7H9IO3S/c1-4(9)11-2-5-3-12-7(10)6(5)8/h5-6H,2-3H2,1H3. The molecule has 68 valence electrons. The van der Waals surface area contributed by atoms with E-state index in [1.54, 1.807) is 0 Å². The number of hydrogen-bond acceptors (Lipinski definition) is 4. The van der Waals surface area contributed by atoms with E-state index in [1.165, 1.54) is 18.7 Å². The summed E-state index contributed by atoms with van der Waals surface area (Å²) in [5, 5.41) is 0.202. The Labute approximate surface area is 88.7 Å². The smallest absolute Gasteiger partial charge is 0.302 e. The summed E-state index contributed by atoms with van der Waals surface area (Å²) in [4.78, 5) is 21.5. The zero-order chi connectivity index (χ0) is 9.14. The van der Waals surface area contributed by atoms with Gasteiger partial charge in [0, 0.05) is 18.6 Å². The van der Waals surface area contributed by atoms with Crippen LogP contribution in [0.25, 0.3) is 0 Å². The molecule has 3 nitrogen and oxygen atoms in total. The number of esters is 1. The number of carbonyl (C=O) groups excluding carboxylic acids is 2. The molecule has 1 aliphatic rings. The maximum absolute atomic E-state index is 11.0. The van der Waals surface area contributed by atoms with Crippen molar-refractivity contribution >= 4 is 45.4 Å². The Balaban J connectivity index is 2.34. The lowest BCUT2D eigenvalue weighted by molar-refractivity contribution is -0.142. The summed E-state index contributed by atoms with van der Waals surface area (Å²) in [6.45, 7) is 1.76. The van der Waals surface area contributed by atoms with Crippen molar-refractivity contribution in [1.29, 1.82) is 0 Å². The number of alkyl halides is 1. The Hall–Kier alpha value is 0.220. The lowest BCUT2D eigenvalue weighted by atomic mass is 10.1. The fourth-order valence-electron chi connectivity index (χ4n) is 0.903. The molecule has 0 aromatic heterocycles. The molecule has 0 aromatic rings. The molecule has 2 atom stereocenters. The second kappa shape index (κ2) is 4.45. The average molecular weight is 300 g/mol. The van der Waals surface area contributed by atoms with E-state index < -0.39 is 0 Å². The normalized spacial score (nSPS) is 29.0. The summed E-state index contributed by atoms with van der Waals surface area (Å²) < 4.78 is 4.84. The van der Waals surface area contributed by atoms with Crippen molar-refractivity contribution in [3.63, 3.8) is 0 Å². The second-order valence-electron chi connectivity index (χ2n) is 2.59. The lowest BCUT2D eigenvalue weighted by Crippen LogP contribution is -2.21. The Morgan fingerprint density at radius 3 is 2.92 bits per heavy atom. The Morgan fingerprint density at radius 2 is 2.50 bits per heavy atom. The number of halogens is 1. The van der Waals surface area contributed by atoms with Crippen LogP contribution in [0.4, 0.5) is 0 Å². The molecule has 1 fully saturated rings. The van der Waals surface area contributed by atoms with Crippen LogP contribution in [0.2, 0.25) is 0 Å². The average Bonchev–Trinajstić information content (AvgIpc) is 2.30. The highest BCUT2D eigenvalue weighted by Crippen LogP contribution is 2.31. The zero-order valence-corrected chi connectivity index (χ0v) is 9.55. The van der Waals surface area contributed by atoms with Crippen LogP contribution in [0, 0.1) is 5.92 Å². The van der Waals surface area contributed by atoms with Gasteiger partial charge < -0.3 is 4.74 Å². The Bertz CT molecular complexity index is 207. The van der Waals surface area contributed by atoms with Gasteiger partial charge in [0.25, 0.3) is 0 Å². The van der Waals surface area contributed by atoms with E-state index in [2.05, 4.69) is 22.6 Å². The van der Waals surface area contributed by atoms with Gasteiger partial charge >= 0.3 is 5.97 Å². The van der Waals surface area contributed by atoms with Gasteiger partial charge in [-0.2, -0.15) is 0 Å². The van der Waals surface area contributed by atoms with Crippen LogP contribution in [0.5, 0.6) is 0 Å². The fraction of sp³-hybridized carbons (Fsp3) is 0.714. The van der Waals surface area contributed by atoms with E-state index in [9.17, 15) is 9.59 Å². The molecule has 0 aliphatic carbocycles. The summed E-state index contributed by atoms with van der Waals surface area (Å²) in [5.74, 6) is 0.703. The summed E-state index contributed by atoms with van der Waals surface area (Å²) in [5.41, 5.74) is 0. The molecule has 0 saturated carbocycles. The molecule has 1 saturated heterocycles. The summed E-state index contributed by atoms with van der Waals surface area (Å²) >= 11 is 3.43. The van der Waals surface area contributed by atoms with Crippen molar-refractivity contribution in [2.45, 2.75) is 10.8 Å². The first-order valence-electron chi connectivity index (χ1n) is 3.55. The van der Waals surface area contributed by atoms with Crippen molar-refractivity contribution in [1.82, 2.24) is 0 Å². The highest BCUT2D eigenvalue weighted by atomic mass is 127. The van der Waals surface area contributed by atoms with E-state index in [-0.39, 0.29) is 20.9 Å². The highest BCUT2D eigenvalue weighted by molar-refractivity contribution is 14.1. The van der Waals surface area contributed by atoms with E-state index in [4.69, 9.17) is 4.74 Å². The van der Waals surface area contributed by atoms with Crippen LogP contribution in [0.15, 0.2) is 0 Å². The summed E-state index contributed by atoms with van der Waals surface area (Å²) in [7, 11) is 0. The number of ether oxygens (including phenoxy) is 1. The Morgan fingerprint density at radius 1 is 1.83 bits per heavy atom. The van der Waals surface area contributed by atoms with Gasteiger partial charge in [-0.1, -0.05) is 34.4 Å². The predicted molar refractivity (Wildman–Crippen MR) is 55.4 cm³/mol. The molecule has 1 heterocycles. The lowest BCUT2D eigenvalue weighted by Gasteiger charge is -2.10. The van der Waals surface area contributed by atoms with Crippen molar-refractivity contribution in [2.75, 3.05) is 12.4 Å². The molecule has 0 amide bonds. The van der Waals surface area contributed by atoms with Crippen LogP contribution >= 0.6 is 34.4 Å². The molecular weight excluding hydrogens is 291 g/mol. The fourth-order valence-corrected chi connectivity index (χ4v) is 3.27. The van der Waals surface area contributed by atoms with Gasteiger partial charge in [-0.3, -0.25) is 9.59 Å². The van der Waals surface area contributed by atoms with Gasteiger partial charge in [0.2, 0.25) is 5.12 Å². The minimum absolute atomic E-state index is 0.00644. The minimum Gasteiger partial charge on any atom is -0.465 e. The van der Waals surface area contributed by atoms with Crippen molar-refractivity contribution in [3.8, 4) is 0 Å². The molecule has 5 heteroatoms. The van der Waals surface area contributed by atoms with Crippen LogP contribution in [0.3, 0.4) is 0 Å². The van der Waals surface area contributed by atoms with Crippen LogP contribution in [-0.2, 0) is 14.3 Å². The highest BCUT2D eigenvalue weighted by Gasteiger charge is 2.33. The number of carbonyl (C=O) groups is 2. The van der Waals surface area contributed by atoms with E-state index in [0.717, 1.165) is 5.75 Å². The Kier molecular flexibility index (Phi) is 3.82. The monoisotopic (exact) mass is 300 g/mol. The van der Waals surface area contributed by atoms with Gasteiger partial charge in [-0.05, 0) is 0 Å². The van der Waals surface area contributed by atoms with Crippen molar-refractivity contribution in [2.24, 2.45) is 5.92 Å². The van der Waals surface area contributed by atoms with Crippen molar-refractivity contribution in [3.05, 3.63) is 0 Å². The summed E-state index contributed by atoms with van der Waals surface area (Å²) in [6, 6.07) is 0. The molecule has 2 unspecified atom stereocenters. The molecule has 0 aromatic carbocycles. The van der Waals surface area contributed by atoms with Gasteiger partial charge in [0.05, 0.1) is 10.5 Å². The topological polar surface area (TPSA) is 43.4 Å². The van der Waals surface area contributed by atoms with Crippen molar-refractivity contribution < 1.29 is 14.3 Å². The molecule has 0 spiro atoms. The van der Waals surface area contributed by atoms with E-state index in [0.29, 0.717) is 6.61 Å². The first-order chi connectivity index (χ1) is 5.61. The number of hydrogen-bond donors (Lipinski definition) is 0. The third kappa shape index (κ3) is 2.62. The molecule has 0 bridgehead atoms. The third-order valence-electron chi connectivity index (χ3n) is 1.58. The van der Waals surface area contributed by atoms with E-state index in [1.807, 2.05) is 0 Å². The van der Waals surface area contributed by atoms with E-state index >= 15 is 0 Å². The number of thioether (sulfide) groups is 1. The molecular formula is C7H9IO3S. The third-order valence-corrected chi connectivity index (χ3v) is 4.72. The molecule has 1 rings (SSSR count). The second-order valence-corrected chi connectivity index (χ2v) is 4.96. The van der Waals surface area contributed by atoms with Gasteiger partial charge in [-0.15, -0.1) is 0 Å². The largest absolute Gasteiger partial charge is 0.465 e. The minimum atomic E-state index is -0.275. The zero-order valence-electron chi connectivity index (χ0n) is 6.58. The molecule has 0 radical (unpaired) electrons. The quantitative estimate of drug-likeness (QED) is 0.437. The van der Waals surface area contributed by atoms with Gasteiger partial charge in [0.15, 0.2) is 0 Å². The van der Waals surface area contributed by atoms with Crippen LogP contribution in [-0.4, -0.2) is 27.4 Å². The SMILES string of the molecule is CC(=O)OCC1CSC(=O)C1I.